The molecule has 0 saturated carbocycles. The molecule has 0 saturated heterocycles. The molecule has 1 aromatic heterocycles. The van der Waals surface area contributed by atoms with Crippen LogP contribution in [0.15, 0.2) is 48.5 Å². The molecule has 0 radical (unpaired) electrons. The third-order valence-corrected chi connectivity index (χ3v) is 5.97. The number of thiazole rings is 1. The Morgan fingerprint density at radius 3 is 2.56 bits per heavy atom. The SMILES string of the molecule is CCCCCOc1ccc(/C=C/C(=O)Nc2nc(-c3ccc(OCC)cc3)c(C)s2)cc1OC. The zero-order valence-electron chi connectivity index (χ0n) is 20.2. The minimum Gasteiger partial charge on any atom is -0.494 e. The highest BCUT2D eigenvalue weighted by molar-refractivity contribution is 7.16. The van der Waals surface area contributed by atoms with Crippen molar-refractivity contribution in [2.24, 2.45) is 0 Å². The van der Waals surface area contributed by atoms with Gasteiger partial charge >= 0.3 is 0 Å². The molecule has 3 rings (SSSR count). The number of amides is 1. The molecule has 6 nitrogen and oxygen atoms in total. The molecule has 0 fully saturated rings. The number of rotatable bonds is 12. The maximum absolute atomic E-state index is 12.5. The lowest BCUT2D eigenvalue weighted by atomic mass is 10.1. The molecule has 2 aromatic carbocycles. The average molecular weight is 481 g/mol. The fourth-order valence-electron chi connectivity index (χ4n) is 3.35. The average Bonchev–Trinajstić information content (AvgIpc) is 3.21. The van der Waals surface area contributed by atoms with Crippen LogP contribution in [0.5, 0.6) is 17.2 Å². The van der Waals surface area contributed by atoms with Crippen molar-refractivity contribution in [2.45, 2.75) is 40.0 Å². The molecular weight excluding hydrogens is 448 g/mol. The molecule has 0 aliphatic rings. The van der Waals surface area contributed by atoms with E-state index in [0.29, 0.717) is 29.8 Å². The summed E-state index contributed by atoms with van der Waals surface area (Å²) in [5, 5.41) is 3.42. The number of anilines is 1. The van der Waals surface area contributed by atoms with E-state index in [1.165, 1.54) is 17.4 Å². The molecule has 0 atom stereocenters. The predicted octanol–water partition coefficient (Wildman–Crippen LogP) is 6.75. The molecule has 0 spiro atoms. The second kappa shape index (κ2) is 12.8. The van der Waals surface area contributed by atoms with Gasteiger partial charge in [-0.1, -0.05) is 25.8 Å². The number of benzene rings is 2. The van der Waals surface area contributed by atoms with Crippen molar-refractivity contribution in [1.29, 1.82) is 0 Å². The quantitative estimate of drug-likeness (QED) is 0.229. The zero-order chi connectivity index (χ0) is 24.3. The molecule has 1 N–H and O–H groups in total. The number of nitrogens with zero attached hydrogens (tertiary/aromatic N) is 1. The highest BCUT2D eigenvalue weighted by Crippen LogP contribution is 2.32. The number of aromatic nitrogens is 1. The Hall–Kier alpha value is -3.32. The third kappa shape index (κ3) is 7.09. The van der Waals surface area contributed by atoms with Crippen LogP contribution in [0, 0.1) is 6.92 Å². The lowest BCUT2D eigenvalue weighted by Crippen LogP contribution is -2.07. The van der Waals surface area contributed by atoms with Gasteiger partial charge in [-0.05, 0) is 68.3 Å². The van der Waals surface area contributed by atoms with E-state index < -0.39 is 0 Å². The van der Waals surface area contributed by atoms with Crippen molar-refractivity contribution in [2.75, 3.05) is 25.6 Å². The second-order valence-corrected chi connectivity index (χ2v) is 8.87. The summed E-state index contributed by atoms with van der Waals surface area (Å²) >= 11 is 1.45. The van der Waals surface area contributed by atoms with E-state index >= 15 is 0 Å². The highest BCUT2D eigenvalue weighted by atomic mass is 32.1. The first kappa shape index (κ1) is 25.3. The van der Waals surface area contributed by atoms with Crippen molar-refractivity contribution in [3.05, 3.63) is 59.0 Å². The van der Waals surface area contributed by atoms with E-state index in [2.05, 4.69) is 17.2 Å². The molecule has 0 bridgehead atoms. The molecule has 7 heteroatoms. The van der Waals surface area contributed by atoms with Crippen LogP contribution in [0.25, 0.3) is 17.3 Å². The number of carbonyl (C=O) groups is 1. The van der Waals surface area contributed by atoms with Gasteiger partial charge in [0.2, 0.25) is 5.91 Å². The molecule has 1 amide bonds. The Kier molecular flexibility index (Phi) is 9.52. The molecule has 1 heterocycles. The molecular formula is C27H32N2O4S. The minimum atomic E-state index is -0.245. The molecule has 3 aromatic rings. The van der Waals surface area contributed by atoms with Crippen molar-refractivity contribution in [3.63, 3.8) is 0 Å². The Labute approximate surface area is 205 Å². The first-order valence-electron chi connectivity index (χ1n) is 11.5. The molecule has 0 unspecified atom stereocenters. The lowest BCUT2D eigenvalue weighted by molar-refractivity contribution is -0.111. The van der Waals surface area contributed by atoms with Crippen molar-refractivity contribution < 1.29 is 19.0 Å². The minimum absolute atomic E-state index is 0.245. The summed E-state index contributed by atoms with van der Waals surface area (Å²) in [6.45, 7) is 7.40. The van der Waals surface area contributed by atoms with Gasteiger partial charge in [0.05, 0.1) is 26.0 Å². The third-order valence-electron chi connectivity index (χ3n) is 5.09. The number of ether oxygens (including phenoxy) is 3. The van der Waals surface area contributed by atoms with Crippen LogP contribution in [0.1, 0.15) is 43.6 Å². The monoisotopic (exact) mass is 480 g/mol. The van der Waals surface area contributed by atoms with E-state index in [-0.39, 0.29) is 5.91 Å². The van der Waals surface area contributed by atoms with Gasteiger partial charge in [-0.2, -0.15) is 0 Å². The number of hydrogen-bond donors (Lipinski definition) is 1. The number of hydrogen-bond acceptors (Lipinski definition) is 6. The summed E-state index contributed by atoms with van der Waals surface area (Å²) in [7, 11) is 1.61. The smallest absolute Gasteiger partial charge is 0.250 e. The van der Waals surface area contributed by atoms with Gasteiger partial charge < -0.3 is 14.2 Å². The van der Waals surface area contributed by atoms with Crippen LogP contribution < -0.4 is 19.5 Å². The lowest BCUT2D eigenvalue weighted by Gasteiger charge is -2.11. The number of aryl methyl sites for hydroxylation is 1. The van der Waals surface area contributed by atoms with E-state index in [9.17, 15) is 4.79 Å². The molecule has 180 valence electrons. The van der Waals surface area contributed by atoms with Gasteiger partial charge in [0.1, 0.15) is 5.75 Å². The Balaban J connectivity index is 1.62. The summed E-state index contributed by atoms with van der Waals surface area (Å²) < 4.78 is 16.8. The summed E-state index contributed by atoms with van der Waals surface area (Å²) in [4.78, 5) is 18.1. The van der Waals surface area contributed by atoms with E-state index in [1.54, 1.807) is 13.2 Å². The largest absolute Gasteiger partial charge is 0.494 e. The summed E-state index contributed by atoms with van der Waals surface area (Å²) in [6.07, 6.45) is 6.53. The summed E-state index contributed by atoms with van der Waals surface area (Å²) in [5.74, 6) is 1.94. The number of unbranched alkanes of at least 4 members (excludes halogenated alkanes) is 2. The fourth-order valence-corrected chi connectivity index (χ4v) is 4.19. The van der Waals surface area contributed by atoms with Crippen LogP contribution in [-0.2, 0) is 4.79 Å². The Morgan fingerprint density at radius 2 is 1.85 bits per heavy atom. The first-order valence-corrected chi connectivity index (χ1v) is 12.4. The van der Waals surface area contributed by atoms with Crippen LogP contribution in [-0.4, -0.2) is 31.2 Å². The maximum Gasteiger partial charge on any atom is 0.250 e. The van der Waals surface area contributed by atoms with E-state index in [0.717, 1.165) is 46.7 Å². The molecule has 34 heavy (non-hydrogen) atoms. The Morgan fingerprint density at radius 1 is 1.06 bits per heavy atom. The fraction of sp³-hybridized carbons (Fsp3) is 0.333. The predicted molar refractivity (Wildman–Crippen MR) is 139 cm³/mol. The van der Waals surface area contributed by atoms with Crippen LogP contribution in [0.4, 0.5) is 5.13 Å². The van der Waals surface area contributed by atoms with Crippen molar-refractivity contribution in [3.8, 4) is 28.5 Å². The van der Waals surface area contributed by atoms with Gasteiger partial charge in [-0.3, -0.25) is 10.1 Å². The maximum atomic E-state index is 12.5. The van der Waals surface area contributed by atoms with Crippen LogP contribution >= 0.6 is 11.3 Å². The van der Waals surface area contributed by atoms with E-state index in [4.69, 9.17) is 14.2 Å². The van der Waals surface area contributed by atoms with Gasteiger partial charge in [0.25, 0.3) is 0 Å². The van der Waals surface area contributed by atoms with Gasteiger partial charge in [0.15, 0.2) is 16.6 Å². The van der Waals surface area contributed by atoms with E-state index in [1.807, 2.05) is 56.3 Å². The zero-order valence-corrected chi connectivity index (χ0v) is 21.0. The second-order valence-electron chi connectivity index (χ2n) is 7.67. The Bertz CT molecular complexity index is 1110. The summed E-state index contributed by atoms with van der Waals surface area (Å²) in [5.41, 5.74) is 2.68. The highest BCUT2D eigenvalue weighted by Gasteiger charge is 2.12. The molecule has 0 aliphatic heterocycles. The number of carbonyl (C=O) groups excluding carboxylic acids is 1. The van der Waals surface area contributed by atoms with Gasteiger partial charge in [-0.25, -0.2) is 4.98 Å². The summed E-state index contributed by atoms with van der Waals surface area (Å²) in [6, 6.07) is 13.4. The van der Waals surface area contributed by atoms with Gasteiger partial charge in [-0.15, -0.1) is 11.3 Å². The van der Waals surface area contributed by atoms with Crippen LogP contribution in [0.2, 0.25) is 0 Å². The van der Waals surface area contributed by atoms with Crippen LogP contribution in [0.3, 0.4) is 0 Å². The molecule has 0 aliphatic carbocycles. The number of methoxy groups -OCH3 is 1. The number of nitrogens with one attached hydrogen (secondary N) is 1. The van der Waals surface area contributed by atoms with Gasteiger partial charge in [0, 0.05) is 16.5 Å². The van der Waals surface area contributed by atoms with Crippen molar-refractivity contribution >= 4 is 28.5 Å². The topological polar surface area (TPSA) is 69.7 Å². The normalized spacial score (nSPS) is 10.9. The standard InChI is InChI=1S/C27H32N2O4S/c1-5-7-8-17-33-23-15-9-20(18-24(23)31-4)10-16-25(30)28-27-29-26(19(3)34-27)21-11-13-22(14-12-21)32-6-2/h9-16,18H,5-8,17H2,1-4H3,(H,28,29,30)/b16-10+. The first-order chi connectivity index (χ1) is 16.5. The van der Waals surface area contributed by atoms with Crippen molar-refractivity contribution in [1.82, 2.24) is 4.98 Å².